The second-order valence-electron chi connectivity index (χ2n) is 7.23. The lowest BCUT2D eigenvalue weighted by Gasteiger charge is -2.26. The average molecular weight is 524 g/mol. The smallest absolute Gasteiger partial charge is 0.276 e. The highest BCUT2D eigenvalue weighted by atomic mass is 127. The van der Waals surface area contributed by atoms with Crippen molar-refractivity contribution in [1.82, 2.24) is 25.8 Å². The van der Waals surface area contributed by atoms with Crippen molar-refractivity contribution in [2.75, 3.05) is 20.1 Å². The maximum Gasteiger partial charge on any atom is 0.276 e. The van der Waals surface area contributed by atoms with Gasteiger partial charge in [-0.2, -0.15) is 4.98 Å². The quantitative estimate of drug-likeness (QED) is 0.279. The van der Waals surface area contributed by atoms with Gasteiger partial charge in [0.2, 0.25) is 0 Å². The summed E-state index contributed by atoms with van der Waals surface area (Å²) in [6.07, 6.45) is 2.26. The fraction of sp³-hybridized carbons (Fsp3) is 0.333. The summed E-state index contributed by atoms with van der Waals surface area (Å²) in [6.45, 7) is 5.30. The minimum atomic E-state index is -0.259. The molecule has 3 aromatic rings. The van der Waals surface area contributed by atoms with Gasteiger partial charge in [-0.05, 0) is 29.8 Å². The molecule has 0 unspecified atom stereocenters. The molecule has 0 amide bonds. The maximum absolute atomic E-state index is 13.5. The molecule has 0 saturated carbocycles. The molecule has 0 fully saturated rings. The molecule has 1 aromatic carbocycles. The van der Waals surface area contributed by atoms with Crippen molar-refractivity contribution in [2.45, 2.75) is 25.7 Å². The first-order valence-corrected chi connectivity index (χ1v) is 9.42. The molecule has 160 valence electrons. The zero-order valence-electron chi connectivity index (χ0n) is 17.2. The molecular weight excluding hydrogens is 498 g/mol. The van der Waals surface area contributed by atoms with Crippen LogP contribution in [0, 0.1) is 5.82 Å². The SMILES string of the molecule is CN=C(NCCc1noc(-c2ccccn2)n1)NCC(C)(C)c1cccc(F)c1.I. The number of aliphatic imine (C=N–C) groups is 1. The van der Waals surface area contributed by atoms with Crippen LogP contribution in [-0.2, 0) is 11.8 Å². The van der Waals surface area contributed by atoms with Gasteiger partial charge in [0.05, 0.1) is 0 Å². The van der Waals surface area contributed by atoms with Crippen LogP contribution in [0.3, 0.4) is 0 Å². The Hall–Kier alpha value is -2.56. The highest BCUT2D eigenvalue weighted by Gasteiger charge is 2.21. The predicted octanol–water partition coefficient (Wildman–Crippen LogP) is 3.57. The molecule has 0 radical (unpaired) electrons. The zero-order valence-corrected chi connectivity index (χ0v) is 19.6. The summed E-state index contributed by atoms with van der Waals surface area (Å²) < 4.78 is 18.8. The molecule has 7 nitrogen and oxygen atoms in total. The van der Waals surface area contributed by atoms with E-state index >= 15 is 0 Å². The molecule has 0 saturated heterocycles. The molecule has 30 heavy (non-hydrogen) atoms. The van der Waals surface area contributed by atoms with Crippen LogP contribution in [0.5, 0.6) is 0 Å². The summed E-state index contributed by atoms with van der Waals surface area (Å²) in [6, 6.07) is 12.2. The molecule has 2 heterocycles. The molecule has 3 rings (SSSR count). The molecule has 0 spiro atoms. The van der Waals surface area contributed by atoms with E-state index in [0.29, 0.717) is 42.9 Å². The average Bonchev–Trinajstić information content (AvgIpc) is 3.20. The van der Waals surface area contributed by atoms with Crippen molar-refractivity contribution >= 4 is 29.9 Å². The summed E-state index contributed by atoms with van der Waals surface area (Å²) in [5, 5.41) is 10.5. The van der Waals surface area contributed by atoms with Gasteiger partial charge in [0.15, 0.2) is 11.8 Å². The van der Waals surface area contributed by atoms with Crippen molar-refractivity contribution in [3.05, 3.63) is 65.9 Å². The molecule has 0 aliphatic rings. The number of rotatable bonds is 7. The minimum absolute atomic E-state index is 0. The summed E-state index contributed by atoms with van der Waals surface area (Å²) in [5.74, 6) is 1.42. The topological polar surface area (TPSA) is 88.2 Å². The van der Waals surface area contributed by atoms with E-state index in [4.69, 9.17) is 4.52 Å². The Bertz CT molecular complexity index is 961. The number of aromatic nitrogens is 3. The van der Waals surface area contributed by atoms with Gasteiger partial charge in [0, 0.05) is 38.2 Å². The number of nitrogens with one attached hydrogen (secondary N) is 2. The largest absolute Gasteiger partial charge is 0.356 e. The Labute approximate surface area is 192 Å². The summed E-state index contributed by atoms with van der Waals surface area (Å²) >= 11 is 0. The minimum Gasteiger partial charge on any atom is -0.356 e. The molecule has 0 aliphatic heterocycles. The highest BCUT2D eigenvalue weighted by molar-refractivity contribution is 14.0. The van der Waals surface area contributed by atoms with Crippen molar-refractivity contribution in [3.63, 3.8) is 0 Å². The monoisotopic (exact) mass is 524 g/mol. The number of nitrogens with zero attached hydrogens (tertiary/aromatic N) is 4. The third kappa shape index (κ3) is 6.48. The van der Waals surface area contributed by atoms with Crippen LogP contribution in [0.15, 0.2) is 58.2 Å². The van der Waals surface area contributed by atoms with Crippen LogP contribution in [0.4, 0.5) is 4.39 Å². The number of hydrogen-bond donors (Lipinski definition) is 2. The van der Waals surface area contributed by atoms with E-state index < -0.39 is 0 Å². The van der Waals surface area contributed by atoms with E-state index in [9.17, 15) is 4.39 Å². The van der Waals surface area contributed by atoms with E-state index in [1.54, 1.807) is 25.4 Å². The first-order valence-electron chi connectivity index (χ1n) is 9.42. The lowest BCUT2D eigenvalue weighted by Crippen LogP contribution is -2.44. The summed E-state index contributed by atoms with van der Waals surface area (Å²) in [7, 11) is 1.71. The first kappa shape index (κ1) is 23.7. The van der Waals surface area contributed by atoms with Gasteiger partial charge in [0.25, 0.3) is 5.89 Å². The van der Waals surface area contributed by atoms with Gasteiger partial charge in [-0.15, -0.1) is 24.0 Å². The van der Waals surface area contributed by atoms with Crippen LogP contribution in [0.25, 0.3) is 11.6 Å². The van der Waals surface area contributed by atoms with Crippen LogP contribution >= 0.6 is 24.0 Å². The lowest BCUT2D eigenvalue weighted by molar-refractivity contribution is 0.421. The molecule has 0 aliphatic carbocycles. The third-order valence-electron chi connectivity index (χ3n) is 4.52. The second kappa shape index (κ2) is 11.0. The molecule has 2 aromatic heterocycles. The second-order valence-corrected chi connectivity index (χ2v) is 7.23. The fourth-order valence-corrected chi connectivity index (χ4v) is 2.78. The van der Waals surface area contributed by atoms with Gasteiger partial charge in [-0.1, -0.05) is 37.2 Å². The van der Waals surface area contributed by atoms with E-state index in [1.165, 1.54) is 6.07 Å². The molecule has 0 atom stereocenters. The van der Waals surface area contributed by atoms with E-state index in [1.807, 2.05) is 24.3 Å². The molecule has 0 bridgehead atoms. The van der Waals surface area contributed by atoms with Crippen molar-refractivity contribution in [1.29, 1.82) is 0 Å². The molecule has 2 N–H and O–H groups in total. The third-order valence-corrected chi connectivity index (χ3v) is 4.52. The standard InChI is InChI=1S/C21H25FN6O.HI/c1-21(2,15-7-6-8-16(22)13-15)14-26-20(23-3)25-12-10-18-27-19(29-28-18)17-9-4-5-11-24-17;/h4-9,11,13H,10,12,14H2,1-3H3,(H2,23,25,26);1H. The van der Waals surface area contributed by atoms with Crippen molar-refractivity contribution in [2.24, 2.45) is 4.99 Å². The number of hydrogen-bond acceptors (Lipinski definition) is 5. The van der Waals surface area contributed by atoms with Gasteiger partial charge in [-0.3, -0.25) is 9.98 Å². The maximum atomic E-state index is 13.5. The molecular formula is C21H26FIN6O. The Balaban J connectivity index is 0.00000320. The van der Waals surface area contributed by atoms with Crippen LogP contribution in [0.2, 0.25) is 0 Å². The van der Waals surface area contributed by atoms with E-state index in [2.05, 4.69) is 44.6 Å². The van der Waals surface area contributed by atoms with Crippen LogP contribution in [0.1, 0.15) is 25.2 Å². The van der Waals surface area contributed by atoms with Gasteiger partial charge in [0.1, 0.15) is 11.5 Å². The predicted molar refractivity (Wildman–Crippen MR) is 125 cm³/mol. The number of pyridine rings is 1. The fourth-order valence-electron chi connectivity index (χ4n) is 2.78. The van der Waals surface area contributed by atoms with Crippen LogP contribution in [-0.4, -0.2) is 41.2 Å². The number of benzene rings is 1. The Morgan fingerprint density at radius 3 is 2.70 bits per heavy atom. The Kier molecular flexibility index (Phi) is 8.70. The number of guanidine groups is 1. The lowest BCUT2D eigenvalue weighted by atomic mass is 9.84. The Morgan fingerprint density at radius 1 is 1.17 bits per heavy atom. The summed E-state index contributed by atoms with van der Waals surface area (Å²) in [5.41, 5.74) is 1.32. The zero-order chi connectivity index (χ0) is 20.7. The van der Waals surface area contributed by atoms with E-state index in [0.717, 1.165) is 5.56 Å². The Morgan fingerprint density at radius 2 is 2.00 bits per heavy atom. The van der Waals surface area contributed by atoms with Crippen LogP contribution < -0.4 is 10.6 Å². The van der Waals surface area contributed by atoms with Gasteiger partial charge >= 0.3 is 0 Å². The summed E-state index contributed by atoms with van der Waals surface area (Å²) in [4.78, 5) is 12.8. The van der Waals surface area contributed by atoms with Gasteiger partial charge < -0.3 is 15.2 Å². The number of halogens is 2. The van der Waals surface area contributed by atoms with E-state index in [-0.39, 0.29) is 35.2 Å². The molecule has 9 heteroatoms. The first-order chi connectivity index (χ1) is 14.0. The highest BCUT2D eigenvalue weighted by Crippen LogP contribution is 2.22. The van der Waals surface area contributed by atoms with Gasteiger partial charge in [-0.25, -0.2) is 4.39 Å². The van der Waals surface area contributed by atoms with Crippen molar-refractivity contribution in [3.8, 4) is 11.6 Å². The van der Waals surface area contributed by atoms with Crippen molar-refractivity contribution < 1.29 is 8.91 Å². The normalized spacial score (nSPS) is 11.7.